The van der Waals surface area contributed by atoms with Crippen LogP contribution in [-0.2, 0) is 9.59 Å². The molecular formula is C8H13NO4. The van der Waals surface area contributed by atoms with Crippen LogP contribution in [0.3, 0.4) is 0 Å². The van der Waals surface area contributed by atoms with E-state index in [0.29, 0.717) is 0 Å². The van der Waals surface area contributed by atoms with Gasteiger partial charge in [-0.1, -0.05) is 6.92 Å². The molecule has 0 aromatic heterocycles. The molecular weight excluding hydrogens is 174 g/mol. The van der Waals surface area contributed by atoms with E-state index in [4.69, 9.17) is 0 Å². The van der Waals surface area contributed by atoms with E-state index in [1.54, 1.807) is 0 Å². The predicted molar refractivity (Wildman–Crippen MR) is 45.9 cm³/mol. The maximum Gasteiger partial charge on any atom is 0.207 e. The third kappa shape index (κ3) is 3.78. The third-order valence-electron chi connectivity index (χ3n) is 1.88. The summed E-state index contributed by atoms with van der Waals surface area (Å²) in [7, 11) is 0. The molecule has 0 heterocycles. The zero-order chi connectivity index (χ0) is 10.6. The van der Waals surface area contributed by atoms with Gasteiger partial charge in [-0.25, -0.2) is 0 Å². The highest BCUT2D eigenvalue weighted by Crippen LogP contribution is 2.14. The molecule has 13 heavy (non-hydrogen) atoms. The Bertz CT molecular complexity index is 222. The van der Waals surface area contributed by atoms with Gasteiger partial charge in [-0.05, 0) is 13.8 Å². The van der Waals surface area contributed by atoms with Crippen molar-refractivity contribution >= 4 is 11.6 Å². The first-order chi connectivity index (χ1) is 5.86. The van der Waals surface area contributed by atoms with Crippen LogP contribution in [0.1, 0.15) is 20.8 Å². The Morgan fingerprint density at radius 3 is 1.92 bits per heavy atom. The van der Waals surface area contributed by atoms with Crippen LogP contribution in [0.25, 0.3) is 0 Å². The first-order valence-corrected chi connectivity index (χ1v) is 3.99. The van der Waals surface area contributed by atoms with Gasteiger partial charge < -0.3 is 0 Å². The Labute approximate surface area is 76.3 Å². The number of Topliss-reactive ketones (excluding diaryl/α,β-unsaturated/α-hetero) is 2. The quantitative estimate of drug-likeness (QED) is 0.360. The van der Waals surface area contributed by atoms with Crippen molar-refractivity contribution in [2.24, 2.45) is 11.8 Å². The molecule has 0 unspecified atom stereocenters. The average Bonchev–Trinajstić information content (AvgIpc) is 1.81. The summed E-state index contributed by atoms with van der Waals surface area (Å²) in [4.78, 5) is 31.6. The Hall–Kier alpha value is -1.26. The van der Waals surface area contributed by atoms with Gasteiger partial charge in [0.05, 0.1) is 5.92 Å². The molecule has 0 saturated carbocycles. The third-order valence-corrected chi connectivity index (χ3v) is 1.88. The zero-order valence-corrected chi connectivity index (χ0v) is 7.94. The fraction of sp³-hybridized carbons (Fsp3) is 0.750. The minimum absolute atomic E-state index is 0.304. The summed E-state index contributed by atoms with van der Waals surface area (Å²) >= 11 is 0. The van der Waals surface area contributed by atoms with Crippen LogP contribution in [0, 0.1) is 22.0 Å². The predicted octanol–water partition coefficient (Wildman–Crippen LogP) is 0.693. The molecule has 5 nitrogen and oxygen atoms in total. The van der Waals surface area contributed by atoms with Crippen molar-refractivity contribution in [2.75, 3.05) is 6.54 Å². The fourth-order valence-corrected chi connectivity index (χ4v) is 1.43. The van der Waals surface area contributed by atoms with Gasteiger partial charge in [0.25, 0.3) is 0 Å². The lowest BCUT2D eigenvalue weighted by Crippen LogP contribution is -2.30. The highest BCUT2D eigenvalue weighted by molar-refractivity contribution is 6.00. The lowest BCUT2D eigenvalue weighted by molar-refractivity contribution is -0.488. The standard InChI is InChI=1S/C8H13NO4/c1-5(4-9(12)13)8(6(2)10)7(3)11/h5,8H,4H2,1-3H3/t5-/m1/s1. The van der Waals surface area contributed by atoms with Gasteiger partial charge in [0.1, 0.15) is 11.6 Å². The molecule has 0 amide bonds. The lowest BCUT2D eigenvalue weighted by Gasteiger charge is -2.14. The van der Waals surface area contributed by atoms with E-state index >= 15 is 0 Å². The number of nitrogens with zero attached hydrogens (tertiary/aromatic N) is 1. The van der Waals surface area contributed by atoms with Crippen molar-refractivity contribution in [3.8, 4) is 0 Å². The average molecular weight is 187 g/mol. The van der Waals surface area contributed by atoms with E-state index in [1.165, 1.54) is 20.8 Å². The summed E-state index contributed by atoms with van der Waals surface area (Å²) in [6, 6.07) is 0. The first-order valence-electron chi connectivity index (χ1n) is 3.99. The van der Waals surface area contributed by atoms with Gasteiger partial charge in [-0.15, -0.1) is 0 Å². The van der Waals surface area contributed by atoms with Crippen LogP contribution >= 0.6 is 0 Å². The van der Waals surface area contributed by atoms with E-state index in [0.717, 1.165) is 0 Å². The molecule has 0 fully saturated rings. The van der Waals surface area contributed by atoms with Crippen molar-refractivity contribution < 1.29 is 14.5 Å². The van der Waals surface area contributed by atoms with Crippen LogP contribution in [0.2, 0.25) is 0 Å². The monoisotopic (exact) mass is 187 g/mol. The Morgan fingerprint density at radius 2 is 1.69 bits per heavy atom. The second kappa shape index (κ2) is 4.69. The molecule has 0 aromatic carbocycles. The van der Waals surface area contributed by atoms with E-state index in [1.807, 2.05) is 0 Å². The van der Waals surface area contributed by atoms with Crippen molar-refractivity contribution in [3.63, 3.8) is 0 Å². The molecule has 0 saturated heterocycles. The van der Waals surface area contributed by atoms with E-state index in [-0.39, 0.29) is 18.1 Å². The summed E-state index contributed by atoms with van der Waals surface area (Å²) in [5, 5.41) is 10.1. The SMILES string of the molecule is CC(=O)C(C(C)=O)[C@H](C)C[N+](=O)[O-]. The zero-order valence-electron chi connectivity index (χ0n) is 7.94. The van der Waals surface area contributed by atoms with Crippen molar-refractivity contribution in [3.05, 3.63) is 10.1 Å². The van der Waals surface area contributed by atoms with Crippen LogP contribution in [0.5, 0.6) is 0 Å². The van der Waals surface area contributed by atoms with Crippen LogP contribution in [0.15, 0.2) is 0 Å². The van der Waals surface area contributed by atoms with E-state index < -0.39 is 16.8 Å². The Kier molecular flexibility index (Phi) is 4.23. The summed E-state index contributed by atoms with van der Waals surface area (Å²) in [6.45, 7) is 3.76. The van der Waals surface area contributed by atoms with E-state index in [2.05, 4.69) is 0 Å². The molecule has 0 rings (SSSR count). The molecule has 74 valence electrons. The summed E-state index contributed by atoms with van der Waals surface area (Å²) < 4.78 is 0. The second-order valence-electron chi connectivity index (χ2n) is 3.19. The Morgan fingerprint density at radius 1 is 1.31 bits per heavy atom. The van der Waals surface area contributed by atoms with Gasteiger partial charge in [0, 0.05) is 10.8 Å². The fourth-order valence-electron chi connectivity index (χ4n) is 1.43. The van der Waals surface area contributed by atoms with Crippen LogP contribution < -0.4 is 0 Å². The topological polar surface area (TPSA) is 77.3 Å². The number of rotatable bonds is 5. The number of hydrogen-bond donors (Lipinski definition) is 0. The molecule has 0 spiro atoms. The number of carbonyl (C=O) groups is 2. The number of hydrogen-bond acceptors (Lipinski definition) is 4. The van der Waals surface area contributed by atoms with Gasteiger partial charge >= 0.3 is 0 Å². The molecule has 0 N–H and O–H groups in total. The summed E-state index contributed by atoms with van der Waals surface area (Å²) in [5.74, 6) is -1.96. The molecule has 0 aromatic rings. The van der Waals surface area contributed by atoms with Crippen LogP contribution in [-0.4, -0.2) is 23.0 Å². The maximum atomic E-state index is 11.0. The van der Waals surface area contributed by atoms with Gasteiger partial charge in [-0.3, -0.25) is 19.7 Å². The highest BCUT2D eigenvalue weighted by Gasteiger charge is 2.29. The minimum atomic E-state index is -0.828. The summed E-state index contributed by atoms with van der Waals surface area (Å²) in [6.07, 6.45) is 0. The molecule has 0 aliphatic carbocycles. The van der Waals surface area contributed by atoms with Crippen molar-refractivity contribution in [1.82, 2.24) is 0 Å². The molecule has 0 bridgehead atoms. The summed E-state index contributed by atoms with van der Waals surface area (Å²) in [5.41, 5.74) is 0. The normalized spacial score (nSPS) is 12.6. The first kappa shape index (κ1) is 11.7. The maximum absolute atomic E-state index is 11.0. The van der Waals surface area contributed by atoms with Gasteiger partial charge in [0.2, 0.25) is 6.54 Å². The minimum Gasteiger partial charge on any atom is -0.299 e. The second-order valence-corrected chi connectivity index (χ2v) is 3.19. The van der Waals surface area contributed by atoms with Crippen molar-refractivity contribution in [2.45, 2.75) is 20.8 Å². The number of carbonyl (C=O) groups excluding carboxylic acids is 2. The van der Waals surface area contributed by atoms with Gasteiger partial charge in [0.15, 0.2) is 0 Å². The molecule has 0 aliphatic rings. The van der Waals surface area contributed by atoms with Crippen molar-refractivity contribution in [1.29, 1.82) is 0 Å². The van der Waals surface area contributed by atoms with E-state index in [9.17, 15) is 19.7 Å². The van der Waals surface area contributed by atoms with Crippen LogP contribution in [0.4, 0.5) is 0 Å². The number of ketones is 2. The Balaban J connectivity index is 4.46. The van der Waals surface area contributed by atoms with Gasteiger partial charge in [-0.2, -0.15) is 0 Å². The molecule has 1 atom stereocenters. The lowest BCUT2D eigenvalue weighted by atomic mass is 9.87. The molecule has 0 radical (unpaired) electrons. The molecule has 5 heteroatoms. The number of nitro groups is 1. The highest BCUT2D eigenvalue weighted by atomic mass is 16.6. The largest absolute Gasteiger partial charge is 0.299 e. The molecule has 0 aliphatic heterocycles. The smallest absolute Gasteiger partial charge is 0.207 e.